The van der Waals surface area contributed by atoms with Crippen molar-refractivity contribution >= 4 is 39.1 Å². The Balaban J connectivity index is 2.01. The third-order valence-electron chi connectivity index (χ3n) is 5.99. The van der Waals surface area contributed by atoms with Crippen LogP contribution < -0.4 is 9.62 Å². The summed E-state index contributed by atoms with van der Waals surface area (Å²) in [6, 6.07) is 19.5. The Morgan fingerprint density at radius 2 is 1.43 bits per heavy atom. The monoisotopic (exact) mass is 541 g/mol. The number of amides is 2. The Labute approximate surface area is 224 Å². The zero-order chi connectivity index (χ0) is 27.2. The molecular weight excluding hydrogens is 510 g/mol. The lowest BCUT2D eigenvalue weighted by atomic mass is 10.1. The van der Waals surface area contributed by atoms with E-state index in [0.29, 0.717) is 17.3 Å². The van der Waals surface area contributed by atoms with Gasteiger partial charge in [-0.15, -0.1) is 0 Å². The average Bonchev–Trinajstić information content (AvgIpc) is 2.87. The zero-order valence-electron chi connectivity index (χ0n) is 21.4. The van der Waals surface area contributed by atoms with E-state index in [4.69, 9.17) is 11.6 Å². The van der Waals surface area contributed by atoms with Crippen molar-refractivity contribution in [3.63, 3.8) is 0 Å². The third kappa shape index (κ3) is 7.11. The molecule has 0 bridgehead atoms. The molecule has 0 fully saturated rings. The van der Waals surface area contributed by atoms with Crippen LogP contribution in [-0.4, -0.2) is 44.3 Å². The molecule has 0 aliphatic carbocycles. The molecule has 2 amide bonds. The second kappa shape index (κ2) is 12.3. The van der Waals surface area contributed by atoms with Gasteiger partial charge in [-0.25, -0.2) is 8.42 Å². The van der Waals surface area contributed by atoms with Gasteiger partial charge in [-0.05, 0) is 69.7 Å². The second-order valence-corrected chi connectivity index (χ2v) is 11.2. The lowest BCUT2D eigenvalue weighted by molar-refractivity contribution is -0.139. The molecular formula is C28H32ClN3O4S. The van der Waals surface area contributed by atoms with Gasteiger partial charge >= 0.3 is 0 Å². The van der Waals surface area contributed by atoms with Gasteiger partial charge in [-0.1, -0.05) is 59.1 Å². The second-order valence-electron chi connectivity index (χ2n) is 8.88. The highest BCUT2D eigenvalue weighted by atomic mass is 35.5. The van der Waals surface area contributed by atoms with Gasteiger partial charge in [0.2, 0.25) is 11.8 Å². The molecule has 37 heavy (non-hydrogen) atoms. The number of carbonyl (C=O) groups is 2. The van der Waals surface area contributed by atoms with Gasteiger partial charge in [0.1, 0.15) is 12.6 Å². The molecule has 1 atom stereocenters. The summed E-state index contributed by atoms with van der Waals surface area (Å²) in [5.41, 5.74) is 2.99. The van der Waals surface area contributed by atoms with Crippen LogP contribution in [0.5, 0.6) is 0 Å². The van der Waals surface area contributed by atoms with Crippen LogP contribution in [0.2, 0.25) is 5.02 Å². The summed E-state index contributed by atoms with van der Waals surface area (Å²) in [5.74, 6) is -0.835. The van der Waals surface area contributed by atoms with Gasteiger partial charge in [-0.3, -0.25) is 13.9 Å². The van der Waals surface area contributed by atoms with E-state index in [1.807, 2.05) is 13.8 Å². The molecule has 0 unspecified atom stereocenters. The first-order valence-electron chi connectivity index (χ1n) is 12.0. The van der Waals surface area contributed by atoms with Crippen molar-refractivity contribution in [1.82, 2.24) is 10.2 Å². The molecule has 3 aromatic rings. The van der Waals surface area contributed by atoms with Crippen molar-refractivity contribution in [1.29, 1.82) is 0 Å². The number of halogens is 1. The zero-order valence-corrected chi connectivity index (χ0v) is 23.0. The molecule has 3 rings (SSSR count). The van der Waals surface area contributed by atoms with Crippen molar-refractivity contribution in [2.24, 2.45) is 0 Å². The number of carbonyl (C=O) groups excluding carboxylic acids is 2. The minimum atomic E-state index is -4.08. The topological polar surface area (TPSA) is 86.8 Å². The van der Waals surface area contributed by atoms with E-state index in [1.165, 1.54) is 17.0 Å². The Morgan fingerprint density at radius 3 is 1.97 bits per heavy atom. The first-order valence-corrected chi connectivity index (χ1v) is 13.8. The predicted molar refractivity (Wildman–Crippen MR) is 147 cm³/mol. The molecule has 196 valence electrons. The molecule has 0 heterocycles. The standard InChI is InChI=1S/C28H32ClN3O4S/c1-5-30-28(34)22(4)31(18-23-10-12-24(29)13-11-23)27(33)19-32(25-14-6-20(2)7-15-25)37(35,36)26-16-8-21(3)9-17-26/h6-17,22H,5,18-19H2,1-4H3,(H,30,34)/t22-/m1/s1. The maximum absolute atomic E-state index is 13.8. The first-order chi connectivity index (χ1) is 17.5. The summed E-state index contributed by atoms with van der Waals surface area (Å²) in [7, 11) is -4.08. The van der Waals surface area contributed by atoms with E-state index < -0.39 is 28.5 Å². The van der Waals surface area contributed by atoms with Crippen LogP contribution in [-0.2, 0) is 26.2 Å². The van der Waals surface area contributed by atoms with E-state index in [0.717, 1.165) is 21.0 Å². The molecule has 0 saturated carbocycles. The summed E-state index contributed by atoms with van der Waals surface area (Å²) >= 11 is 6.01. The average molecular weight is 542 g/mol. The van der Waals surface area contributed by atoms with Crippen LogP contribution in [0.1, 0.15) is 30.5 Å². The molecule has 9 heteroatoms. The number of nitrogens with zero attached hydrogens (tertiary/aromatic N) is 2. The van der Waals surface area contributed by atoms with Gasteiger partial charge < -0.3 is 10.2 Å². The number of rotatable bonds is 10. The van der Waals surface area contributed by atoms with Gasteiger partial charge in [-0.2, -0.15) is 0 Å². The normalized spacial score (nSPS) is 12.0. The highest BCUT2D eigenvalue weighted by Gasteiger charge is 2.32. The van der Waals surface area contributed by atoms with Gasteiger partial charge in [0, 0.05) is 18.1 Å². The largest absolute Gasteiger partial charge is 0.355 e. The number of hydrogen-bond donors (Lipinski definition) is 1. The molecule has 0 radical (unpaired) electrons. The molecule has 7 nitrogen and oxygen atoms in total. The fourth-order valence-corrected chi connectivity index (χ4v) is 5.31. The molecule has 0 spiro atoms. The number of nitrogens with one attached hydrogen (secondary N) is 1. The van der Waals surface area contributed by atoms with E-state index in [1.54, 1.807) is 74.5 Å². The summed E-state index contributed by atoms with van der Waals surface area (Å²) < 4.78 is 28.6. The maximum atomic E-state index is 13.8. The fourth-order valence-electron chi connectivity index (χ4n) is 3.77. The van der Waals surface area contributed by atoms with Crippen LogP contribution in [0.3, 0.4) is 0 Å². The quantitative estimate of drug-likeness (QED) is 0.403. The van der Waals surface area contributed by atoms with E-state index in [2.05, 4.69) is 5.32 Å². The summed E-state index contributed by atoms with van der Waals surface area (Å²) in [5, 5.41) is 3.29. The Hall–Kier alpha value is -3.36. The number of sulfonamides is 1. The van der Waals surface area contributed by atoms with E-state index in [-0.39, 0.29) is 17.3 Å². The molecule has 1 N–H and O–H groups in total. The number of likely N-dealkylation sites (N-methyl/N-ethyl adjacent to an activating group) is 1. The molecule has 3 aromatic carbocycles. The summed E-state index contributed by atoms with van der Waals surface area (Å²) in [6.45, 7) is 7.23. The molecule has 0 aliphatic heterocycles. The van der Waals surface area contributed by atoms with Crippen LogP contribution in [0.25, 0.3) is 0 Å². The number of hydrogen-bond acceptors (Lipinski definition) is 4. The van der Waals surface area contributed by atoms with Gasteiger partial charge in [0.25, 0.3) is 10.0 Å². The van der Waals surface area contributed by atoms with Crippen LogP contribution >= 0.6 is 11.6 Å². The fraction of sp³-hybridized carbons (Fsp3) is 0.286. The van der Waals surface area contributed by atoms with Crippen molar-refractivity contribution in [2.75, 3.05) is 17.4 Å². The molecule has 0 saturated heterocycles. The highest BCUT2D eigenvalue weighted by molar-refractivity contribution is 7.92. The van der Waals surface area contributed by atoms with Crippen molar-refractivity contribution in [3.05, 3.63) is 94.5 Å². The van der Waals surface area contributed by atoms with Crippen LogP contribution in [0.15, 0.2) is 77.7 Å². The Kier molecular flexibility index (Phi) is 9.34. The highest BCUT2D eigenvalue weighted by Crippen LogP contribution is 2.25. The Bertz CT molecular complexity index is 1330. The van der Waals surface area contributed by atoms with Crippen LogP contribution in [0, 0.1) is 13.8 Å². The maximum Gasteiger partial charge on any atom is 0.264 e. The third-order valence-corrected chi connectivity index (χ3v) is 8.03. The van der Waals surface area contributed by atoms with Crippen LogP contribution in [0.4, 0.5) is 5.69 Å². The van der Waals surface area contributed by atoms with E-state index >= 15 is 0 Å². The Morgan fingerprint density at radius 1 is 0.892 bits per heavy atom. The van der Waals surface area contributed by atoms with Gasteiger partial charge in [0.15, 0.2) is 0 Å². The minimum Gasteiger partial charge on any atom is -0.355 e. The SMILES string of the molecule is CCNC(=O)[C@@H](C)N(Cc1ccc(Cl)cc1)C(=O)CN(c1ccc(C)cc1)S(=O)(=O)c1ccc(C)cc1. The van der Waals surface area contributed by atoms with E-state index in [9.17, 15) is 18.0 Å². The molecule has 0 aliphatic rings. The summed E-state index contributed by atoms with van der Waals surface area (Å²) in [6.07, 6.45) is 0. The minimum absolute atomic E-state index is 0.0764. The lowest BCUT2D eigenvalue weighted by Crippen LogP contribution is -2.51. The number of anilines is 1. The predicted octanol–water partition coefficient (Wildman–Crippen LogP) is 4.71. The van der Waals surface area contributed by atoms with Crippen molar-refractivity contribution < 1.29 is 18.0 Å². The smallest absolute Gasteiger partial charge is 0.264 e. The first kappa shape index (κ1) is 28.2. The van der Waals surface area contributed by atoms with Gasteiger partial charge in [0.05, 0.1) is 10.6 Å². The lowest BCUT2D eigenvalue weighted by Gasteiger charge is -2.32. The summed E-state index contributed by atoms with van der Waals surface area (Å²) in [4.78, 5) is 27.9. The van der Waals surface area contributed by atoms with Crippen molar-refractivity contribution in [3.8, 4) is 0 Å². The number of aryl methyl sites for hydroxylation is 2. The molecule has 0 aromatic heterocycles. The van der Waals surface area contributed by atoms with Crippen molar-refractivity contribution in [2.45, 2.75) is 45.2 Å². The number of benzene rings is 3.